The van der Waals surface area contributed by atoms with Gasteiger partial charge in [-0.1, -0.05) is 53.7 Å². The van der Waals surface area contributed by atoms with E-state index >= 15 is 0 Å². The summed E-state index contributed by atoms with van der Waals surface area (Å²) in [6.07, 6.45) is 2.67. The third-order valence-corrected chi connectivity index (χ3v) is 8.25. The monoisotopic (exact) mass is 339 g/mol. The van der Waals surface area contributed by atoms with Crippen molar-refractivity contribution in [2.45, 2.75) is 70.6 Å². The van der Waals surface area contributed by atoms with Crippen LogP contribution in [0, 0.1) is 5.92 Å². The van der Waals surface area contributed by atoms with Gasteiger partial charge in [0.2, 0.25) is 0 Å². The standard InChI is InChI=1S/C22H29NS/c1-14-21(5)11-12-22(14,6)19-18(21)17(13-24-19)23-16-9-7-15(8-10-16)20(2,3)4/h7-10,13-14,23H,11-12H2,1-6H3. The summed E-state index contributed by atoms with van der Waals surface area (Å²) in [5, 5.41) is 6.06. The lowest BCUT2D eigenvalue weighted by Gasteiger charge is -2.28. The molecule has 3 unspecified atom stereocenters. The molecule has 128 valence electrons. The van der Waals surface area contributed by atoms with Crippen LogP contribution in [0.25, 0.3) is 0 Å². The highest BCUT2D eigenvalue weighted by Gasteiger charge is 2.60. The molecule has 4 rings (SSSR count). The smallest absolute Gasteiger partial charge is 0.0534 e. The number of nitrogens with one attached hydrogen (secondary N) is 1. The summed E-state index contributed by atoms with van der Waals surface area (Å²) < 4.78 is 0. The predicted molar refractivity (Wildman–Crippen MR) is 106 cm³/mol. The normalized spacial score (nSPS) is 31.3. The van der Waals surface area contributed by atoms with Gasteiger partial charge in [0.05, 0.1) is 5.69 Å². The summed E-state index contributed by atoms with van der Waals surface area (Å²) in [6, 6.07) is 8.97. The maximum absolute atomic E-state index is 3.72. The Morgan fingerprint density at radius 2 is 1.67 bits per heavy atom. The fourth-order valence-corrected chi connectivity index (χ4v) is 6.37. The van der Waals surface area contributed by atoms with Crippen LogP contribution < -0.4 is 5.32 Å². The SMILES string of the molecule is CC1C2(C)CCC1(C)c1c(Nc3ccc(C(C)(C)C)cc3)csc12. The molecule has 1 fully saturated rings. The molecule has 1 saturated carbocycles. The van der Waals surface area contributed by atoms with E-state index in [1.54, 1.807) is 10.4 Å². The quantitative estimate of drug-likeness (QED) is 0.638. The molecule has 0 amide bonds. The molecule has 1 heterocycles. The molecule has 2 aliphatic rings. The number of hydrogen-bond donors (Lipinski definition) is 1. The molecule has 24 heavy (non-hydrogen) atoms. The maximum Gasteiger partial charge on any atom is 0.0534 e. The number of fused-ring (bicyclic) bond motifs is 5. The Kier molecular flexibility index (Phi) is 3.29. The van der Waals surface area contributed by atoms with Gasteiger partial charge in [-0.2, -0.15) is 0 Å². The Hall–Kier alpha value is -1.28. The van der Waals surface area contributed by atoms with E-state index in [4.69, 9.17) is 0 Å². The lowest BCUT2D eigenvalue weighted by molar-refractivity contribution is 0.328. The summed E-state index contributed by atoms with van der Waals surface area (Å²) in [5.41, 5.74) is 6.48. The summed E-state index contributed by atoms with van der Waals surface area (Å²) in [6.45, 7) is 14.2. The minimum atomic E-state index is 0.207. The third-order valence-electron chi connectivity index (χ3n) is 6.99. The van der Waals surface area contributed by atoms with Crippen LogP contribution >= 0.6 is 11.3 Å². The lowest BCUT2D eigenvalue weighted by Crippen LogP contribution is -2.25. The minimum Gasteiger partial charge on any atom is -0.355 e. The van der Waals surface area contributed by atoms with Crippen molar-refractivity contribution in [2.75, 3.05) is 5.32 Å². The number of hydrogen-bond acceptors (Lipinski definition) is 2. The van der Waals surface area contributed by atoms with Crippen molar-refractivity contribution in [3.05, 3.63) is 45.6 Å². The molecule has 2 heteroatoms. The first-order valence-electron chi connectivity index (χ1n) is 9.16. The lowest BCUT2D eigenvalue weighted by atomic mass is 9.77. The molecule has 0 spiro atoms. The first kappa shape index (κ1) is 16.2. The van der Waals surface area contributed by atoms with Gasteiger partial charge in [0.1, 0.15) is 0 Å². The van der Waals surface area contributed by atoms with Crippen molar-refractivity contribution in [1.29, 1.82) is 0 Å². The van der Waals surface area contributed by atoms with Crippen molar-refractivity contribution in [2.24, 2.45) is 5.92 Å². The molecule has 1 N–H and O–H groups in total. The second kappa shape index (κ2) is 4.88. The molecular formula is C22H29NS. The van der Waals surface area contributed by atoms with Crippen molar-refractivity contribution >= 4 is 22.7 Å². The average Bonchev–Trinajstić information content (AvgIpc) is 3.09. The molecule has 2 aromatic rings. The van der Waals surface area contributed by atoms with Crippen LogP contribution in [0.4, 0.5) is 11.4 Å². The van der Waals surface area contributed by atoms with Crippen molar-refractivity contribution in [3.63, 3.8) is 0 Å². The Morgan fingerprint density at radius 3 is 2.29 bits per heavy atom. The van der Waals surface area contributed by atoms with Crippen LogP contribution in [0.15, 0.2) is 29.6 Å². The van der Waals surface area contributed by atoms with Gasteiger partial charge in [-0.25, -0.2) is 0 Å². The van der Waals surface area contributed by atoms with E-state index in [9.17, 15) is 0 Å². The first-order chi connectivity index (χ1) is 11.2. The summed E-state index contributed by atoms with van der Waals surface area (Å²) in [5.74, 6) is 0.747. The molecular weight excluding hydrogens is 310 g/mol. The first-order valence-corrected chi connectivity index (χ1v) is 10.0. The van der Waals surface area contributed by atoms with Gasteiger partial charge in [0, 0.05) is 21.4 Å². The summed E-state index contributed by atoms with van der Waals surface area (Å²) in [4.78, 5) is 1.64. The highest BCUT2D eigenvalue weighted by atomic mass is 32.1. The molecule has 1 aromatic carbocycles. The fourth-order valence-electron chi connectivity index (χ4n) is 4.95. The van der Waals surface area contributed by atoms with E-state index in [1.165, 1.54) is 29.8 Å². The third kappa shape index (κ3) is 2.05. The van der Waals surface area contributed by atoms with Crippen LogP contribution in [0.5, 0.6) is 0 Å². The van der Waals surface area contributed by atoms with Gasteiger partial charge in [0.25, 0.3) is 0 Å². The van der Waals surface area contributed by atoms with E-state index < -0.39 is 0 Å². The topological polar surface area (TPSA) is 12.0 Å². The Balaban J connectivity index is 1.67. The number of thiophene rings is 1. The number of rotatable bonds is 2. The van der Waals surface area contributed by atoms with Crippen LogP contribution in [0.1, 0.15) is 70.4 Å². The van der Waals surface area contributed by atoms with Gasteiger partial charge in [-0.05, 0) is 52.8 Å². The van der Waals surface area contributed by atoms with Crippen LogP contribution in [-0.4, -0.2) is 0 Å². The van der Waals surface area contributed by atoms with Crippen molar-refractivity contribution in [1.82, 2.24) is 0 Å². The zero-order valence-corrected chi connectivity index (χ0v) is 16.6. The molecule has 0 aliphatic heterocycles. The molecule has 3 atom stereocenters. The molecule has 1 nitrogen and oxygen atoms in total. The number of anilines is 2. The van der Waals surface area contributed by atoms with Gasteiger partial charge >= 0.3 is 0 Å². The van der Waals surface area contributed by atoms with E-state index in [0.717, 1.165) is 5.92 Å². The highest BCUT2D eigenvalue weighted by molar-refractivity contribution is 7.11. The van der Waals surface area contributed by atoms with Crippen molar-refractivity contribution < 1.29 is 0 Å². The van der Waals surface area contributed by atoms with Gasteiger partial charge in [0.15, 0.2) is 0 Å². The summed E-state index contributed by atoms with van der Waals surface area (Å²) in [7, 11) is 0. The highest BCUT2D eigenvalue weighted by Crippen LogP contribution is 2.67. The van der Waals surface area contributed by atoms with Gasteiger partial charge in [-0.15, -0.1) is 11.3 Å². The minimum absolute atomic E-state index is 0.207. The molecule has 0 radical (unpaired) electrons. The van der Waals surface area contributed by atoms with Crippen LogP contribution in [0.2, 0.25) is 0 Å². The Labute approximate surface area is 150 Å². The summed E-state index contributed by atoms with van der Waals surface area (Å²) >= 11 is 1.97. The average molecular weight is 340 g/mol. The Bertz CT molecular complexity index is 779. The van der Waals surface area contributed by atoms with E-state index in [2.05, 4.69) is 76.5 Å². The fraction of sp³-hybridized carbons (Fsp3) is 0.545. The van der Waals surface area contributed by atoms with Crippen LogP contribution in [0.3, 0.4) is 0 Å². The second-order valence-corrected chi connectivity index (χ2v) is 10.2. The Morgan fingerprint density at radius 1 is 1.04 bits per heavy atom. The van der Waals surface area contributed by atoms with Crippen molar-refractivity contribution in [3.8, 4) is 0 Å². The molecule has 2 aliphatic carbocycles. The molecule has 2 bridgehead atoms. The maximum atomic E-state index is 3.72. The molecule has 1 aromatic heterocycles. The van der Waals surface area contributed by atoms with E-state index in [-0.39, 0.29) is 5.41 Å². The largest absolute Gasteiger partial charge is 0.355 e. The van der Waals surface area contributed by atoms with Gasteiger partial charge in [-0.3, -0.25) is 0 Å². The second-order valence-electron chi connectivity index (χ2n) is 9.36. The van der Waals surface area contributed by atoms with E-state index in [0.29, 0.717) is 10.8 Å². The van der Waals surface area contributed by atoms with Crippen LogP contribution in [-0.2, 0) is 16.2 Å². The zero-order chi connectivity index (χ0) is 17.3. The van der Waals surface area contributed by atoms with E-state index in [1.807, 2.05) is 11.3 Å². The zero-order valence-electron chi connectivity index (χ0n) is 15.8. The molecule has 0 saturated heterocycles. The van der Waals surface area contributed by atoms with Gasteiger partial charge < -0.3 is 5.32 Å². The number of benzene rings is 1. The predicted octanol–water partition coefficient (Wildman–Crippen LogP) is 6.75.